The molecule has 0 bridgehead atoms. The number of benzene rings is 7. The third kappa shape index (κ3) is 5.39. The Morgan fingerprint density at radius 1 is 0.571 bits per heavy atom. The van der Waals surface area contributed by atoms with Crippen LogP contribution < -0.4 is 15.7 Å². The molecule has 2 aliphatic heterocycles. The van der Waals surface area contributed by atoms with Crippen molar-refractivity contribution in [1.29, 1.82) is 0 Å². The number of aryl methyl sites for hydroxylation is 1. The van der Waals surface area contributed by atoms with Crippen molar-refractivity contribution in [3.8, 4) is 27.9 Å². The van der Waals surface area contributed by atoms with Crippen LogP contribution in [0.3, 0.4) is 0 Å². The Balaban J connectivity index is 1.30. The molecule has 7 aromatic carbocycles. The molecule has 312 valence electrons. The van der Waals surface area contributed by atoms with Crippen molar-refractivity contribution in [2.24, 2.45) is 0 Å². The largest absolute Gasteiger partial charge is 0.455 e. The van der Waals surface area contributed by atoms with Crippen LogP contribution >= 0.6 is 0 Å². The van der Waals surface area contributed by atoms with E-state index in [1.165, 1.54) is 106 Å². The van der Waals surface area contributed by atoms with Gasteiger partial charge in [0.1, 0.15) is 11.2 Å². The number of hydrogen-bond donors (Lipinski definition) is 0. The van der Waals surface area contributed by atoms with E-state index in [9.17, 15) is 0 Å². The lowest BCUT2D eigenvalue weighted by Crippen LogP contribution is -2.61. The third-order valence-electron chi connectivity index (χ3n) is 15.4. The van der Waals surface area contributed by atoms with Gasteiger partial charge in [0.15, 0.2) is 0 Å². The molecule has 0 fully saturated rings. The summed E-state index contributed by atoms with van der Waals surface area (Å²) in [6.45, 7) is 26.2. The Bertz CT molecular complexity index is 3440. The maximum absolute atomic E-state index is 7.10. The molecule has 4 heterocycles. The van der Waals surface area contributed by atoms with E-state index < -0.39 is 0 Å². The van der Waals surface area contributed by atoms with Gasteiger partial charge in [-0.05, 0) is 151 Å². The minimum absolute atomic E-state index is 0.00693. The summed E-state index contributed by atoms with van der Waals surface area (Å²) in [4.78, 5) is 2.74. The van der Waals surface area contributed by atoms with Crippen LogP contribution in [0.5, 0.6) is 0 Å². The molecule has 0 saturated carbocycles. The Morgan fingerprint density at radius 3 is 1.98 bits per heavy atom. The predicted octanol–water partition coefficient (Wildman–Crippen LogP) is 14.8. The van der Waals surface area contributed by atoms with Gasteiger partial charge in [-0.2, -0.15) is 0 Å². The van der Waals surface area contributed by atoms with E-state index in [1.54, 1.807) is 0 Å². The van der Waals surface area contributed by atoms with Gasteiger partial charge in [0.2, 0.25) is 0 Å². The summed E-state index contributed by atoms with van der Waals surface area (Å²) in [6, 6.07) is 46.8. The first-order valence-corrected chi connectivity index (χ1v) is 23.2. The van der Waals surface area contributed by atoms with Crippen LogP contribution in [-0.4, -0.2) is 11.4 Å². The molecular formula is C59H57BN2O. The molecule has 0 spiro atoms. The highest BCUT2D eigenvalue weighted by Crippen LogP contribution is 2.53. The van der Waals surface area contributed by atoms with E-state index in [4.69, 9.17) is 4.42 Å². The lowest BCUT2D eigenvalue weighted by Gasteiger charge is -2.46. The second kappa shape index (κ2) is 12.6. The second-order valence-electron chi connectivity index (χ2n) is 22.5. The van der Waals surface area contributed by atoms with Gasteiger partial charge in [0.25, 0.3) is 0 Å². The zero-order valence-electron chi connectivity index (χ0n) is 38.8. The van der Waals surface area contributed by atoms with Gasteiger partial charge >= 0.3 is 6.85 Å². The molecule has 0 radical (unpaired) electrons. The molecule has 0 saturated heterocycles. The molecule has 2 aromatic heterocycles. The number of rotatable bonds is 2. The molecule has 4 heteroatoms. The van der Waals surface area contributed by atoms with Gasteiger partial charge in [-0.3, -0.25) is 0 Å². The first-order chi connectivity index (χ1) is 29.9. The fraction of sp³-hybridized carbons (Fsp3) is 0.288. The Labute approximate surface area is 372 Å². The minimum atomic E-state index is -0.102. The highest BCUT2D eigenvalue weighted by atomic mass is 16.3. The van der Waals surface area contributed by atoms with Gasteiger partial charge < -0.3 is 13.8 Å². The standard InChI is InChI=1S/C59H57BN2O/c1-34-27-44-45(59(10,11)26-25-58(44,8)9)33-49(34)62-48-24-22-40-39-19-15-16-20-51(39)63-55(40)52(48)43-28-36(35-17-13-12-14-18-35)29-50-53(43)60(62)46-32-38(57(5,6)7)31-42-41-30-37(56(2,3)4)21-23-47(41)61(50)54(42)46/h12-24,27-33H,25-26H2,1-11H3. The number of para-hydroxylation sites is 1. The van der Waals surface area contributed by atoms with Gasteiger partial charge in [-0.15, -0.1) is 0 Å². The van der Waals surface area contributed by atoms with E-state index in [-0.39, 0.29) is 28.5 Å². The normalized spacial score (nSPS) is 16.2. The fourth-order valence-corrected chi connectivity index (χ4v) is 11.7. The molecule has 1 aliphatic carbocycles. The SMILES string of the molecule is Cc1cc2c(cc1N1B3c4c(cc(-c5ccccc5)cc4-n4c5ccc(C(C)(C)C)cc5c5cc(C(C)(C)C)cc3c54)-c3c1ccc1c3oc3ccccc31)C(C)(C)CCC2(C)C. The topological polar surface area (TPSA) is 21.3 Å². The number of fused-ring (bicyclic) bond motifs is 12. The van der Waals surface area contributed by atoms with Crippen LogP contribution in [0.15, 0.2) is 126 Å². The van der Waals surface area contributed by atoms with E-state index in [1.807, 2.05) is 0 Å². The zero-order valence-corrected chi connectivity index (χ0v) is 38.8. The molecule has 3 nitrogen and oxygen atoms in total. The summed E-state index contributed by atoms with van der Waals surface area (Å²) < 4.78 is 9.74. The van der Waals surface area contributed by atoms with E-state index >= 15 is 0 Å². The number of hydrogen-bond acceptors (Lipinski definition) is 2. The van der Waals surface area contributed by atoms with E-state index in [0.29, 0.717) is 0 Å². The number of furan rings is 1. The van der Waals surface area contributed by atoms with Crippen LogP contribution in [0.25, 0.3) is 71.7 Å². The van der Waals surface area contributed by atoms with E-state index in [0.717, 1.165) is 28.4 Å². The van der Waals surface area contributed by atoms with Gasteiger partial charge in [-0.25, -0.2) is 0 Å². The summed E-state index contributed by atoms with van der Waals surface area (Å²) >= 11 is 0. The van der Waals surface area contributed by atoms with E-state index in [2.05, 4.69) is 207 Å². The molecule has 0 unspecified atom stereocenters. The fourth-order valence-electron chi connectivity index (χ4n) is 11.7. The average Bonchev–Trinajstić information content (AvgIpc) is 3.79. The lowest BCUT2D eigenvalue weighted by molar-refractivity contribution is 0.332. The first kappa shape index (κ1) is 38.7. The highest BCUT2D eigenvalue weighted by Gasteiger charge is 2.47. The van der Waals surface area contributed by atoms with Gasteiger partial charge in [0.05, 0.1) is 11.0 Å². The maximum Gasteiger partial charge on any atom is 0.333 e. The monoisotopic (exact) mass is 820 g/mol. The number of anilines is 2. The quantitative estimate of drug-likeness (QED) is 0.162. The van der Waals surface area contributed by atoms with Crippen molar-refractivity contribution in [1.82, 2.24) is 4.57 Å². The van der Waals surface area contributed by atoms with Crippen molar-refractivity contribution in [3.63, 3.8) is 0 Å². The molecule has 0 amide bonds. The summed E-state index contributed by atoms with van der Waals surface area (Å²) in [6.07, 6.45) is 2.35. The first-order valence-electron chi connectivity index (χ1n) is 23.2. The number of nitrogens with zero attached hydrogens (tertiary/aromatic N) is 2. The molecule has 3 aliphatic rings. The highest BCUT2D eigenvalue weighted by molar-refractivity contribution is 6.93. The molecule has 63 heavy (non-hydrogen) atoms. The van der Waals surface area contributed by atoms with Crippen molar-refractivity contribution in [2.75, 3.05) is 4.81 Å². The molecular weight excluding hydrogens is 763 g/mol. The summed E-state index contributed by atoms with van der Waals surface area (Å²) in [5.74, 6) is 0. The maximum atomic E-state index is 7.10. The van der Waals surface area contributed by atoms with Crippen LogP contribution in [0.1, 0.15) is 110 Å². The van der Waals surface area contributed by atoms with Crippen LogP contribution in [0, 0.1) is 6.92 Å². The minimum Gasteiger partial charge on any atom is -0.455 e. The predicted molar refractivity (Wildman–Crippen MR) is 270 cm³/mol. The van der Waals surface area contributed by atoms with Gasteiger partial charge in [-0.1, -0.05) is 136 Å². The van der Waals surface area contributed by atoms with Crippen molar-refractivity contribution < 1.29 is 4.42 Å². The lowest BCUT2D eigenvalue weighted by atomic mass is 9.43. The van der Waals surface area contributed by atoms with Crippen molar-refractivity contribution >= 4 is 72.9 Å². The number of aromatic nitrogens is 1. The summed E-state index contributed by atoms with van der Waals surface area (Å²) in [5.41, 5.74) is 22.8. The van der Waals surface area contributed by atoms with Gasteiger partial charge in [0, 0.05) is 44.2 Å². The Kier molecular flexibility index (Phi) is 7.73. The summed E-state index contributed by atoms with van der Waals surface area (Å²) in [5, 5.41) is 4.96. The van der Waals surface area contributed by atoms with Crippen LogP contribution in [0.2, 0.25) is 0 Å². The molecule has 0 atom stereocenters. The third-order valence-corrected chi connectivity index (χ3v) is 15.4. The molecule has 12 rings (SSSR count). The average molecular weight is 821 g/mol. The smallest absolute Gasteiger partial charge is 0.333 e. The molecule has 0 N–H and O–H groups in total. The Hall–Kier alpha value is -6.00. The van der Waals surface area contributed by atoms with Crippen LogP contribution in [-0.2, 0) is 21.7 Å². The van der Waals surface area contributed by atoms with Crippen LogP contribution in [0.4, 0.5) is 11.4 Å². The van der Waals surface area contributed by atoms with Crippen molar-refractivity contribution in [2.45, 2.75) is 111 Å². The second-order valence-corrected chi connectivity index (χ2v) is 22.5. The Morgan fingerprint density at radius 2 is 1.25 bits per heavy atom. The van der Waals surface area contributed by atoms with Crippen molar-refractivity contribution in [3.05, 3.63) is 149 Å². The zero-order chi connectivity index (χ0) is 43.7. The molecule has 9 aromatic rings. The summed E-state index contributed by atoms with van der Waals surface area (Å²) in [7, 11) is 0.